The molecule has 3 N–H and O–H groups in total. The summed E-state index contributed by atoms with van der Waals surface area (Å²) in [6, 6.07) is 13.8. The van der Waals surface area contributed by atoms with E-state index < -0.39 is 17.6 Å². The molecule has 2 aromatic heterocycles. The first kappa shape index (κ1) is 16.7. The Hall–Kier alpha value is -3.12. The van der Waals surface area contributed by atoms with Crippen LogP contribution in [-0.2, 0) is 0 Å². The van der Waals surface area contributed by atoms with Gasteiger partial charge in [0.2, 0.25) is 0 Å². The van der Waals surface area contributed by atoms with E-state index in [0.29, 0.717) is 17.0 Å². The molecule has 0 fully saturated rings. The molecule has 3 aromatic rings. The molecule has 1 atom stereocenters. The number of aliphatic hydroxyl groups excluding tert-OH is 1. The number of aromatic nitrogens is 1. The van der Waals surface area contributed by atoms with Crippen molar-refractivity contribution < 1.29 is 14.3 Å². The van der Waals surface area contributed by atoms with E-state index in [1.165, 1.54) is 12.3 Å². The monoisotopic (exact) mass is 338 g/mol. The fourth-order valence-corrected chi connectivity index (χ4v) is 2.42. The van der Waals surface area contributed by atoms with Gasteiger partial charge in [-0.2, -0.15) is 0 Å². The molecule has 1 amide bonds. The number of carbonyl (C=O) groups excluding carboxylic acids is 1. The van der Waals surface area contributed by atoms with E-state index in [-0.39, 0.29) is 12.1 Å². The van der Waals surface area contributed by atoms with Crippen LogP contribution in [0, 0.1) is 6.92 Å². The number of aromatic amines is 1. The van der Waals surface area contributed by atoms with E-state index in [2.05, 4.69) is 10.3 Å². The summed E-state index contributed by atoms with van der Waals surface area (Å²) in [5, 5.41) is 12.7. The first-order valence-electron chi connectivity index (χ1n) is 7.84. The van der Waals surface area contributed by atoms with Crippen molar-refractivity contribution in [3.8, 4) is 11.5 Å². The molecule has 3 rings (SSSR count). The number of benzene rings is 1. The van der Waals surface area contributed by atoms with Gasteiger partial charge in [0, 0.05) is 6.54 Å². The van der Waals surface area contributed by atoms with E-state index in [0.717, 1.165) is 5.56 Å². The van der Waals surface area contributed by atoms with Crippen molar-refractivity contribution in [2.24, 2.45) is 0 Å². The molecular formula is C19H18N2O4. The summed E-state index contributed by atoms with van der Waals surface area (Å²) in [5.41, 5.74) is 1.74. The molecule has 6 nitrogen and oxygen atoms in total. The molecule has 2 heterocycles. The third-order valence-electron chi connectivity index (χ3n) is 3.86. The number of rotatable bonds is 5. The minimum atomic E-state index is -0.842. The smallest absolute Gasteiger partial charge is 0.261 e. The van der Waals surface area contributed by atoms with Crippen molar-refractivity contribution in [3.63, 3.8) is 0 Å². The predicted octanol–water partition coefficient (Wildman–Crippen LogP) is 2.41. The van der Waals surface area contributed by atoms with Gasteiger partial charge in [0.15, 0.2) is 0 Å². The van der Waals surface area contributed by atoms with Gasteiger partial charge in [-0.1, -0.05) is 29.8 Å². The number of aliphatic hydroxyl groups is 1. The van der Waals surface area contributed by atoms with Crippen molar-refractivity contribution in [1.82, 2.24) is 10.3 Å². The summed E-state index contributed by atoms with van der Waals surface area (Å²) in [6.07, 6.45) is 0.659. The molecule has 6 heteroatoms. The highest BCUT2D eigenvalue weighted by Gasteiger charge is 2.14. The van der Waals surface area contributed by atoms with E-state index in [1.807, 2.05) is 19.1 Å². The van der Waals surface area contributed by atoms with Crippen molar-refractivity contribution in [2.75, 3.05) is 6.54 Å². The Morgan fingerprint density at radius 1 is 1.20 bits per heavy atom. The largest absolute Gasteiger partial charge is 0.463 e. The topological polar surface area (TPSA) is 95.3 Å². The molecule has 0 bridgehead atoms. The fourth-order valence-electron chi connectivity index (χ4n) is 2.42. The summed E-state index contributed by atoms with van der Waals surface area (Å²) < 4.78 is 5.21. The van der Waals surface area contributed by atoms with Gasteiger partial charge < -0.3 is 19.8 Å². The van der Waals surface area contributed by atoms with Crippen LogP contribution in [0.3, 0.4) is 0 Å². The lowest BCUT2D eigenvalue weighted by molar-refractivity contribution is 0.0915. The number of aryl methyl sites for hydroxylation is 1. The quantitative estimate of drug-likeness (QED) is 0.666. The molecule has 0 saturated heterocycles. The minimum absolute atomic E-state index is 0.0151. The maximum atomic E-state index is 12.2. The highest BCUT2D eigenvalue weighted by molar-refractivity contribution is 5.94. The number of nitrogens with one attached hydrogen (secondary N) is 2. The standard InChI is InChI=1S/C19H18N2O4/c1-12-4-6-13(7-5-12)16(22)11-20-18(23)14-8-9-15(21-19(14)24)17-3-2-10-25-17/h2-10,16,22H,11H2,1H3,(H,20,23)(H,21,24). The van der Waals surface area contributed by atoms with Crippen molar-refractivity contribution in [2.45, 2.75) is 13.0 Å². The van der Waals surface area contributed by atoms with Crippen molar-refractivity contribution in [1.29, 1.82) is 0 Å². The van der Waals surface area contributed by atoms with Gasteiger partial charge in [-0.25, -0.2) is 0 Å². The molecule has 0 aliphatic heterocycles. The maximum absolute atomic E-state index is 12.2. The van der Waals surface area contributed by atoms with Crippen LogP contribution in [-0.4, -0.2) is 22.5 Å². The summed E-state index contributed by atoms with van der Waals surface area (Å²) in [5.74, 6) is -0.0303. The zero-order chi connectivity index (χ0) is 17.8. The van der Waals surface area contributed by atoms with E-state index in [1.54, 1.807) is 30.3 Å². The molecule has 0 saturated carbocycles. The van der Waals surface area contributed by atoms with Crippen LogP contribution in [0.4, 0.5) is 0 Å². The average molecular weight is 338 g/mol. The second kappa shape index (κ2) is 7.19. The molecule has 128 valence electrons. The molecule has 0 radical (unpaired) electrons. The number of furan rings is 1. The van der Waals surface area contributed by atoms with Gasteiger partial charge in [-0.3, -0.25) is 9.59 Å². The Morgan fingerprint density at radius 2 is 1.96 bits per heavy atom. The van der Waals surface area contributed by atoms with Gasteiger partial charge in [-0.05, 0) is 36.8 Å². The van der Waals surface area contributed by atoms with Gasteiger partial charge in [0.1, 0.15) is 11.3 Å². The summed E-state index contributed by atoms with van der Waals surface area (Å²) in [4.78, 5) is 26.9. The molecule has 25 heavy (non-hydrogen) atoms. The van der Waals surface area contributed by atoms with Gasteiger partial charge in [-0.15, -0.1) is 0 Å². The van der Waals surface area contributed by atoms with Crippen molar-refractivity contribution in [3.05, 3.63) is 81.8 Å². The highest BCUT2D eigenvalue weighted by atomic mass is 16.3. The zero-order valence-corrected chi connectivity index (χ0v) is 13.7. The Morgan fingerprint density at radius 3 is 2.60 bits per heavy atom. The van der Waals surface area contributed by atoms with E-state index in [4.69, 9.17) is 4.42 Å². The zero-order valence-electron chi connectivity index (χ0n) is 13.7. The van der Waals surface area contributed by atoms with Crippen molar-refractivity contribution >= 4 is 5.91 Å². The normalized spacial score (nSPS) is 11.9. The predicted molar refractivity (Wildman–Crippen MR) is 93.2 cm³/mol. The first-order valence-corrected chi connectivity index (χ1v) is 7.84. The average Bonchev–Trinajstić information content (AvgIpc) is 3.14. The number of carbonyl (C=O) groups is 1. The third-order valence-corrected chi connectivity index (χ3v) is 3.86. The highest BCUT2D eigenvalue weighted by Crippen LogP contribution is 2.16. The number of pyridine rings is 1. The second-order valence-corrected chi connectivity index (χ2v) is 5.73. The summed E-state index contributed by atoms with van der Waals surface area (Å²) in [6.45, 7) is 1.97. The number of H-pyrrole nitrogens is 1. The minimum Gasteiger partial charge on any atom is -0.463 e. The molecule has 0 aliphatic carbocycles. The molecule has 1 aromatic carbocycles. The van der Waals surface area contributed by atoms with E-state index in [9.17, 15) is 14.7 Å². The SMILES string of the molecule is Cc1ccc(C(O)CNC(=O)c2ccc(-c3ccco3)[nH]c2=O)cc1. The Labute approximate surface area is 144 Å². The fraction of sp³-hybridized carbons (Fsp3) is 0.158. The third kappa shape index (κ3) is 3.87. The van der Waals surface area contributed by atoms with Crippen LogP contribution in [0.5, 0.6) is 0 Å². The molecule has 0 aliphatic rings. The van der Waals surface area contributed by atoms with Crippen LogP contribution in [0.25, 0.3) is 11.5 Å². The van der Waals surface area contributed by atoms with Gasteiger partial charge >= 0.3 is 0 Å². The van der Waals surface area contributed by atoms with Crippen LogP contribution in [0.15, 0.2) is 64.0 Å². The van der Waals surface area contributed by atoms with E-state index >= 15 is 0 Å². The lowest BCUT2D eigenvalue weighted by atomic mass is 10.1. The molecule has 0 spiro atoms. The van der Waals surface area contributed by atoms with Crippen LogP contribution in [0.2, 0.25) is 0 Å². The molecule has 1 unspecified atom stereocenters. The Kier molecular flexibility index (Phi) is 4.81. The molecular weight excluding hydrogens is 320 g/mol. The van der Waals surface area contributed by atoms with Gasteiger partial charge in [0.25, 0.3) is 11.5 Å². The van der Waals surface area contributed by atoms with Crippen LogP contribution >= 0.6 is 0 Å². The number of amides is 1. The Balaban J connectivity index is 1.67. The van der Waals surface area contributed by atoms with Crippen LogP contribution in [0.1, 0.15) is 27.6 Å². The van der Waals surface area contributed by atoms with Crippen LogP contribution < -0.4 is 10.9 Å². The summed E-state index contributed by atoms with van der Waals surface area (Å²) in [7, 11) is 0. The number of hydrogen-bond acceptors (Lipinski definition) is 4. The first-order chi connectivity index (χ1) is 12.0. The summed E-state index contributed by atoms with van der Waals surface area (Å²) >= 11 is 0. The lowest BCUT2D eigenvalue weighted by Gasteiger charge is -2.12. The lowest BCUT2D eigenvalue weighted by Crippen LogP contribution is -2.32. The number of hydrogen-bond donors (Lipinski definition) is 3. The second-order valence-electron chi connectivity index (χ2n) is 5.73. The van der Waals surface area contributed by atoms with Gasteiger partial charge in [0.05, 0.1) is 18.1 Å². The maximum Gasteiger partial charge on any atom is 0.261 e. The Bertz CT molecular complexity index is 911.